The first kappa shape index (κ1) is 11.0. The molecule has 0 radical (unpaired) electrons. The summed E-state index contributed by atoms with van der Waals surface area (Å²) >= 11 is 3.53. The molecule has 0 saturated carbocycles. The Balaban J connectivity index is 2.41. The Labute approximate surface area is 100 Å². The highest BCUT2D eigenvalue weighted by molar-refractivity contribution is 9.10. The first-order valence-electron chi connectivity index (χ1n) is 5.62. The summed E-state index contributed by atoms with van der Waals surface area (Å²) in [6.07, 6.45) is 2.39. The van der Waals surface area contributed by atoms with E-state index in [4.69, 9.17) is 0 Å². The highest BCUT2D eigenvalue weighted by atomic mass is 79.9. The molecule has 0 aromatic heterocycles. The van der Waals surface area contributed by atoms with Gasteiger partial charge in [0.15, 0.2) is 0 Å². The van der Waals surface area contributed by atoms with E-state index in [1.165, 1.54) is 24.1 Å². The standard InChI is InChI=1S/C13H18BrN/c1-4-13(3)8-9(2)11-6-5-10(14)7-12(11)15-13/h5-7,9,15H,4,8H2,1-3H3. The van der Waals surface area contributed by atoms with Gasteiger partial charge in [-0.15, -0.1) is 0 Å². The molecule has 1 nitrogen and oxygen atoms in total. The van der Waals surface area contributed by atoms with Crippen LogP contribution in [0, 0.1) is 0 Å². The average Bonchev–Trinajstić information content (AvgIpc) is 2.16. The number of fused-ring (bicyclic) bond motifs is 1. The molecule has 1 aliphatic rings. The molecule has 2 unspecified atom stereocenters. The van der Waals surface area contributed by atoms with Crippen molar-refractivity contribution in [3.8, 4) is 0 Å². The van der Waals surface area contributed by atoms with Gasteiger partial charge < -0.3 is 5.32 Å². The van der Waals surface area contributed by atoms with Crippen molar-refractivity contribution in [1.82, 2.24) is 0 Å². The maximum atomic E-state index is 3.66. The molecule has 2 rings (SSSR count). The first-order valence-corrected chi connectivity index (χ1v) is 6.41. The van der Waals surface area contributed by atoms with Gasteiger partial charge in [0, 0.05) is 15.7 Å². The van der Waals surface area contributed by atoms with E-state index in [1.54, 1.807) is 0 Å². The molecule has 0 amide bonds. The van der Waals surface area contributed by atoms with Crippen LogP contribution in [0.4, 0.5) is 5.69 Å². The number of rotatable bonds is 1. The summed E-state index contributed by atoms with van der Waals surface area (Å²) in [4.78, 5) is 0. The van der Waals surface area contributed by atoms with Crippen molar-refractivity contribution in [2.24, 2.45) is 0 Å². The van der Waals surface area contributed by atoms with Crippen LogP contribution in [-0.4, -0.2) is 5.54 Å². The van der Waals surface area contributed by atoms with Crippen molar-refractivity contribution in [2.45, 2.75) is 45.1 Å². The van der Waals surface area contributed by atoms with Crippen molar-refractivity contribution in [1.29, 1.82) is 0 Å². The molecule has 1 aliphatic heterocycles. The lowest BCUT2D eigenvalue weighted by Gasteiger charge is -2.39. The van der Waals surface area contributed by atoms with Crippen LogP contribution in [0.5, 0.6) is 0 Å². The molecule has 0 aliphatic carbocycles. The maximum absolute atomic E-state index is 3.66. The van der Waals surface area contributed by atoms with Gasteiger partial charge >= 0.3 is 0 Å². The molecule has 1 aromatic carbocycles. The van der Waals surface area contributed by atoms with Gasteiger partial charge in [0.2, 0.25) is 0 Å². The zero-order valence-corrected chi connectivity index (χ0v) is 11.2. The van der Waals surface area contributed by atoms with Gasteiger partial charge in [0.05, 0.1) is 0 Å². The van der Waals surface area contributed by atoms with Crippen LogP contribution in [0.1, 0.15) is 45.1 Å². The van der Waals surface area contributed by atoms with Crippen LogP contribution in [0.2, 0.25) is 0 Å². The van der Waals surface area contributed by atoms with E-state index in [1.807, 2.05) is 0 Å². The van der Waals surface area contributed by atoms with E-state index in [-0.39, 0.29) is 5.54 Å². The van der Waals surface area contributed by atoms with Gasteiger partial charge in [-0.2, -0.15) is 0 Å². The Hall–Kier alpha value is -0.500. The van der Waals surface area contributed by atoms with E-state index in [0.29, 0.717) is 5.92 Å². The molecular weight excluding hydrogens is 250 g/mol. The highest BCUT2D eigenvalue weighted by Crippen LogP contribution is 2.40. The van der Waals surface area contributed by atoms with E-state index >= 15 is 0 Å². The second-order valence-electron chi connectivity index (χ2n) is 4.88. The molecule has 0 bridgehead atoms. The third kappa shape index (κ3) is 2.05. The lowest BCUT2D eigenvalue weighted by Crippen LogP contribution is -2.39. The molecule has 1 aromatic rings. The first-order chi connectivity index (χ1) is 7.04. The number of hydrogen-bond donors (Lipinski definition) is 1. The molecule has 0 spiro atoms. The number of halogens is 1. The van der Waals surface area contributed by atoms with E-state index in [9.17, 15) is 0 Å². The van der Waals surface area contributed by atoms with Gasteiger partial charge in [-0.25, -0.2) is 0 Å². The fourth-order valence-corrected chi connectivity index (χ4v) is 2.82. The smallest absolute Gasteiger partial charge is 0.0390 e. The van der Waals surface area contributed by atoms with Crippen molar-refractivity contribution < 1.29 is 0 Å². The van der Waals surface area contributed by atoms with Crippen molar-refractivity contribution in [3.63, 3.8) is 0 Å². The van der Waals surface area contributed by atoms with Gasteiger partial charge in [-0.3, -0.25) is 0 Å². The van der Waals surface area contributed by atoms with Crippen LogP contribution in [-0.2, 0) is 0 Å². The fraction of sp³-hybridized carbons (Fsp3) is 0.538. The van der Waals surface area contributed by atoms with Crippen molar-refractivity contribution in [3.05, 3.63) is 28.2 Å². The normalized spacial score (nSPS) is 29.5. The molecule has 0 fully saturated rings. The van der Waals surface area contributed by atoms with Crippen LogP contribution >= 0.6 is 15.9 Å². The lowest BCUT2D eigenvalue weighted by atomic mass is 9.79. The average molecular weight is 268 g/mol. The Morgan fingerprint density at radius 3 is 2.93 bits per heavy atom. The predicted octanol–water partition coefficient (Wildman–Crippen LogP) is 4.54. The second kappa shape index (κ2) is 3.82. The number of nitrogens with one attached hydrogen (secondary N) is 1. The Bertz CT molecular complexity index is 375. The van der Waals surface area contributed by atoms with Crippen molar-refractivity contribution >= 4 is 21.6 Å². The van der Waals surface area contributed by atoms with Crippen molar-refractivity contribution in [2.75, 3.05) is 5.32 Å². The SMILES string of the molecule is CCC1(C)CC(C)c2ccc(Br)cc2N1. The van der Waals surface area contributed by atoms with Gasteiger partial charge in [-0.1, -0.05) is 35.8 Å². The zero-order valence-electron chi connectivity index (χ0n) is 9.60. The molecular formula is C13H18BrN. The third-order valence-electron chi connectivity index (χ3n) is 3.52. The zero-order chi connectivity index (χ0) is 11.1. The summed E-state index contributed by atoms with van der Waals surface area (Å²) in [5.41, 5.74) is 3.00. The van der Waals surface area contributed by atoms with Gasteiger partial charge in [0.25, 0.3) is 0 Å². The summed E-state index contributed by atoms with van der Waals surface area (Å²) in [6.45, 7) is 6.89. The summed E-state index contributed by atoms with van der Waals surface area (Å²) in [7, 11) is 0. The summed E-state index contributed by atoms with van der Waals surface area (Å²) < 4.78 is 1.15. The monoisotopic (exact) mass is 267 g/mol. The Kier molecular flexibility index (Phi) is 2.80. The predicted molar refractivity (Wildman–Crippen MR) is 69.5 cm³/mol. The Morgan fingerprint density at radius 2 is 2.27 bits per heavy atom. The Morgan fingerprint density at radius 1 is 1.53 bits per heavy atom. The molecule has 1 heterocycles. The lowest BCUT2D eigenvalue weighted by molar-refractivity contribution is 0.407. The maximum Gasteiger partial charge on any atom is 0.0390 e. The molecule has 15 heavy (non-hydrogen) atoms. The third-order valence-corrected chi connectivity index (χ3v) is 4.01. The number of benzene rings is 1. The number of anilines is 1. The molecule has 0 saturated heterocycles. The van der Waals surface area contributed by atoms with E-state index in [2.05, 4.69) is 60.2 Å². The molecule has 1 N–H and O–H groups in total. The largest absolute Gasteiger partial charge is 0.380 e. The quantitative estimate of drug-likeness (QED) is 0.788. The van der Waals surface area contributed by atoms with E-state index in [0.717, 1.165) is 4.47 Å². The van der Waals surface area contributed by atoms with Gasteiger partial charge in [0.1, 0.15) is 0 Å². The van der Waals surface area contributed by atoms with Crippen LogP contribution < -0.4 is 5.32 Å². The van der Waals surface area contributed by atoms with E-state index < -0.39 is 0 Å². The van der Waals surface area contributed by atoms with Gasteiger partial charge in [-0.05, 0) is 43.4 Å². The van der Waals surface area contributed by atoms with Crippen LogP contribution in [0.25, 0.3) is 0 Å². The summed E-state index contributed by atoms with van der Waals surface area (Å²) in [5.74, 6) is 0.652. The topological polar surface area (TPSA) is 12.0 Å². The molecule has 2 atom stereocenters. The number of hydrogen-bond acceptors (Lipinski definition) is 1. The highest BCUT2D eigenvalue weighted by Gasteiger charge is 2.31. The molecule has 2 heteroatoms. The minimum Gasteiger partial charge on any atom is -0.380 e. The minimum absolute atomic E-state index is 0.257. The summed E-state index contributed by atoms with van der Waals surface area (Å²) in [5, 5.41) is 3.66. The second-order valence-corrected chi connectivity index (χ2v) is 5.79. The van der Waals surface area contributed by atoms with Crippen LogP contribution in [0.3, 0.4) is 0 Å². The fourth-order valence-electron chi connectivity index (χ4n) is 2.46. The minimum atomic E-state index is 0.257. The van der Waals surface area contributed by atoms with Crippen LogP contribution in [0.15, 0.2) is 22.7 Å². The summed E-state index contributed by atoms with van der Waals surface area (Å²) in [6, 6.07) is 6.55. The molecule has 82 valence electrons.